The van der Waals surface area contributed by atoms with E-state index >= 15 is 0 Å². The Morgan fingerprint density at radius 3 is 2.60 bits per heavy atom. The molecule has 1 aliphatic rings. The van der Waals surface area contributed by atoms with Gasteiger partial charge in [-0.25, -0.2) is 19.6 Å². The van der Waals surface area contributed by atoms with E-state index in [1.165, 1.54) is 16.9 Å². The van der Waals surface area contributed by atoms with E-state index in [-0.39, 0.29) is 17.5 Å². The van der Waals surface area contributed by atoms with E-state index in [0.717, 1.165) is 64.8 Å². The minimum absolute atomic E-state index is 0.130. The Morgan fingerprint density at radius 2 is 1.82 bits per heavy atom. The number of hydrogen-bond donors (Lipinski definition) is 2. The van der Waals surface area contributed by atoms with Crippen LogP contribution in [0.15, 0.2) is 78.9 Å². The topological polar surface area (TPSA) is 108 Å². The van der Waals surface area contributed by atoms with E-state index in [4.69, 9.17) is 4.74 Å². The number of pyridine rings is 1. The van der Waals surface area contributed by atoms with Gasteiger partial charge in [0.1, 0.15) is 0 Å². The first-order valence-electron chi connectivity index (χ1n) is 15.1. The van der Waals surface area contributed by atoms with Gasteiger partial charge in [0.2, 0.25) is 0 Å². The van der Waals surface area contributed by atoms with Crippen LogP contribution in [0.2, 0.25) is 0 Å². The van der Waals surface area contributed by atoms with Crippen LogP contribution >= 0.6 is 11.3 Å². The Balaban J connectivity index is 1.12. The molecule has 6 rings (SSSR count). The number of unbranched alkanes of at least 4 members (excludes halogenated alkanes) is 1. The number of aryl methyl sites for hydroxylation is 2. The third-order valence-electron chi connectivity index (χ3n) is 7.88. The van der Waals surface area contributed by atoms with E-state index in [2.05, 4.69) is 44.5 Å². The largest absolute Gasteiger partial charge is 0.491 e. The maximum Gasteiger partial charge on any atom is 0.358 e. The molecule has 0 unspecified atom stereocenters. The lowest BCUT2D eigenvalue weighted by Crippen LogP contribution is -2.38. The third-order valence-corrected chi connectivity index (χ3v) is 8.84. The molecule has 230 valence electrons. The number of rotatable bonds is 10. The first kappa shape index (κ1) is 30.1. The maximum absolute atomic E-state index is 13.4. The monoisotopic (exact) mass is 621 g/mol. The van der Waals surface area contributed by atoms with Crippen LogP contribution < -0.4 is 19.9 Å². The summed E-state index contributed by atoms with van der Waals surface area (Å²) in [4.78, 5) is 38.3. The molecule has 2 N–H and O–H groups in total. The van der Waals surface area contributed by atoms with Crippen molar-refractivity contribution >= 4 is 50.1 Å². The number of carboxylic acid groups (broad SMARTS) is 1. The molecule has 5 aromatic rings. The Morgan fingerprint density at radius 1 is 1.00 bits per heavy atom. The average Bonchev–Trinajstić information content (AvgIpc) is 3.46. The first-order valence-corrected chi connectivity index (χ1v) is 15.9. The van der Waals surface area contributed by atoms with Gasteiger partial charge in [0.05, 0.1) is 22.5 Å². The Bertz CT molecular complexity index is 1800. The molecule has 0 fully saturated rings. The van der Waals surface area contributed by atoms with E-state index < -0.39 is 5.97 Å². The second kappa shape index (κ2) is 13.4. The molecule has 1 aliphatic heterocycles. The van der Waals surface area contributed by atoms with Crippen LogP contribution in [0.4, 0.5) is 21.3 Å². The molecule has 3 aromatic carbocycles. The number of fused-ring (bicyclic) bond motifs is 2. The quantitative estimate of drug-likeness (QED) is 0.155. The van der Waals surface area contributed by atoms with Gasteiger partial charge in [0.15, 0.2) is 16.6 Å². The second-order valence-electron chi connectivity index (χ2n) is 11.2. The van der Waals surface area contributed by atoms with E-state index in [1.54, 1.807) is 17.0 Å². The van der Waals surface area contributed by atoms with Gasteiger partial charge in [-0.05, 0) is 85.7 Å². The van der Waals surface area contributed by atoms with Gasteiger partial charge >= 0.3 is 12.0 Å². The number of benzene rings is 3. The summed E-state index contributed by atoms with van der Waals surface area (Å²) in [5.41, 5.74) is 6.20. The molecule has 0 radical (unpaired) electrons. The molecule has 0 aliphatic carbocycles. The third kappa shape index (κ3) is 6.91. The predicted octanol–water partition coefficient (Wildman–Crippen LogP) is 7.51. The minimum Gasteiger partial charge on any atom is -0.491 e. The van der Waals surface area contributed by atoms with Crippen molar-refractivity contribution in [2.45, 2.75) is 32.1 Å². The highest BCUT2D eigenvalue weighted by atomic mass is 32.1. The zero-order chi connectivity index (χ0) is 31.3. The zero-order valence-corrected chi connectivity index (χ0v) is 26.1. The van der Waals surface area contributed by atoms with Gasteiger partial charge in [-0.3, -0.25) is 10.2 Å². The van der Waals surface area contributed by atoms with Crippen LogP contribution in [0, 0.1) is 0 Å². The van der Waals surface area contributed by atoms with Crippen molar-refractivity contribution in [3.8, 4) is 17.0 Å². The average molecular weight is 622 g/mol. The summed E-state index contributed by atoms with van der Waals surface area (Å²) >= 11 is 1.44. The number of anilines is 3. The number of carbonyl (C=O) groups is 2. The lowest BCUT2D eigenvalue weighted by Gasteiger charge is -2.29. The molecule has 0 saturated heterocycles. The van der Waals surface area contributed by atoms with Crippen molar-refractivity contribution in [1.82, 2.24) is 9.97 Å². The minimum atomic E-state index is -1.15. The van der Waals surface area contributed by atoms with Crippen LogP contribution in [0.5, 0.6) is 5.75 Å². The molecular formula is C35H35N5O4S. The molecule has 0 atom stereocenters. The highest BCUT2D eigenvalue weighted by Gasteiger charge is 2.25. The van der Waals surface area contributed by atoms with Crippen molar-refractivity contribution in [3.05, 3.63) is 95.7 Å². The normalized spacial score (nSPS) is 12.5. The predicted molar refractivity (Wildman–Crippen MR) is 180 cm³/mol. The van der Waals surface area contributed by atoms with Crippen molar-refractivity contribution in [2.24, 2.45) is 0 Å². The maximum atomic E-state index is 13.4. The molecule has 0 saturated carbocycles. The highest BCUT2D eigenvalue weighted by molar-refractivity contribution is 7.22. The summed E-state index contributed by atoms with van der Waals surface area (Å²) in [5, 5.41) is 13.4. The lowest BCUT2D eigenvalue weighted by atomic mass is 9.98. The number of hydrogen-bond acceptors (Lipinski definition) is 7. The number of thiazole rings is 1. The van der Waals surface area contributed by atoms with E-state index in [0.29, 0.717) is 24.0 Å². The van der Waals surface area contributed by atoms with Crippen LogP contribution in [0.1, 0.15) is 40.9 Å². The van der Waals surface area contributed by atoms with Gasteiger partial charge in [-0.2, -0.15) is 0 Å². The molecule has 10 heteroatoms. The van der Waals surface area contributed by atoms with Crippen LogP contribution in [-0.2, 0) is 12.8 Å². The summed E-state index contributed by atoms with van der Waals surface area (Å²) in [6, 6.07) is 25.3. The van der Waals surface area contributed by atoms with Gasteiger partial charge in [-0.1, -0.05) is 47.7 Å². The summed E-state index contributed by atoms with van der Waals surface area (Å²) in [6.45, 7) is 0.962. The Kier molecular flexibility index (Phi) is 8.93. The Hall–Kier alpha value is -4.96. The van der Waals surface area contributed by atoms with Crippen molar-refractivity contribution < 1.29 is 19.4 Å². The molecule has 0 spiro atoms. The van der Waals surface area contributed by atoms with Crippen LogP contribution in [0.25, 0.3) is 21.5 Å². The van der Waals surface area contributed by atoms with Crippen LogP contribution in [-0.4, -0.2) is 54.3 Å². The molecule has 3 heterocycles. The van der Waals surface area contributed by atoms with Crippen LogP contribution in [0.3, 0.4) is 0 Å². The fourth-order valence-corrected chi connectivity index (χ4v) is 6.34. The number of aromatic carboxylic acids is 1. The summed E-state index contributed by atoms with van der Waals surface area (Å²) in [6.07, 6.45) is 4.33. The molecule has 2 amide bonds. The zero-order valence-electron chi connectivity index (χ0n) is 25.3. The smallest absolute Gasteiger partial charge is 0.358 e. The van der Waals surface area contributed by atoms with Gasteiger partial charge < -0.3 is 14.7 Å². The number of carbonyl (C=O) groups excluding carboxylic acids is 1. The standard InChI is InChI=1S/C35H35N5O4S/c1-39(2)26-16-12-23(13-17-26)8-5-6-21-44-30-19-18-27(36-32(30)33(41)42)25-15-14-24-9-7-20-40(29(24)22-25)35(43)38-34-37-28-10-3-4-11-31(28)45-34/h3-4,10-19,22H,5-9,20-21H2,1-2H3,(H,41,42)(H,37,38,43). The fraction of sp³-hybridized carbons (Fsp3) is 0.257. The van der Waals surface area contributed by atoms with E-state index in [1.807, 2.05) is 56.6 Å². The number of urea groups is 1. The fourth-order valence-electron chi connectivity index (χ4n) is 5.48. The number of para-hydroxylation sites is 1. The van der Waals surface area contributed by atoms with Gasteiger partial charge in [0, 0.05) is 37.6 Å². The molecule has 45 heavy (non-hydrogen) atoms. The van der Waals surface area contributed by atoms with Crippen molar-refractivity contribution in [3.63, 3.8) is 0 Å². The summed E-state index contributed by atoms with van der Waals surface area (Å²) in [7, 11) is 4.04. The van der Waals surface area contributed by atoms with Gasteiger partial charge in [-0.15, -0.1) is 0 Å². The van der Waals surface area contributed by atoms with E-state index in [9.17, 15) is 14.7 Å². The van der Waals surface area contributed by atoms with Crippen molar-refractivity contribution in [2.75, 3.05) is 42.4 Å². The summed E-state index contributed by atoms with van der Waals surface area (Å²) < 4.78 is 6.89. The molecule has 2 aromatic heterocycles. The van der Waals surface area contributed by atoms with Gasteiger partial charge in [0.25, 0.3) is 0 Å². The molecule has 9 nitrogen and oxygen atoms in total. The molecular weight excluding hydrogens is 586 g/mol. The number of nitrogens with one attached hydrogen (secondary N) is 1. The number of nitrogens with zero attached hydrogens (tertiary/aromatic N) is 4. The Labute approximate surface area is 266 Å². The second-order valence-corrected chi connectivity index (χ2v) is 12.3. The number of carboxylic acids is 1. The highest BCUT2D eigenvalue weighted by Crippen LogP contribution is 2.34. The van der Waals surface area contributed by atoms with Crippen molar-refractivity contribution in [1.29, 1.82) is 0 Å². The number of amides is 2. The lowest BCUT2D eigenvalue weighted by molar-refractivity contribution is 0.0685. The molecule has 0 bridgehead atoms. The number of aromatic nitrogens is 2. The first-order chi connectivity index (χ1) is 21.9. The number of ether oxygens (including phenoxy) is 1. The summed E-state index contributed by atoms with van der Waals surface area (Å²) in [5.74, 6) is -0.904. The SMILES string of the molecule is CN(C)c1ccc(CCCCOc2ccc(-c3ccc4c(c3)N(C(=O)Nc3nc5ccccc5s3)CCC4)nc2C(=O)O)cc1.